The fourth-order valence-corrected chi connectivity index (χ4v) is 5.29. The first-order valence-corrected chi connectivity index (χ1v) is 11.4. The SMILES string of the molecule is CC(C)(C)P=O.CC(C)(C)c1cccc(OP(C(C)(C)C)C(C)(C)C)c1. The summed E-state index contributed by atoms with van der Waals surface area (Å²) in [4.78, 5) is 0. The Hall–Kier alpha value is -0.450. The molecule has 0 spiro atoms. The van der Waals surface area contributed by atoms with Crippen molar-refractivity contribution in [3.63, 3.8) is 0 Å². The van der Waals surface area contributed by atoms with E-state index in [1.54, 1.807) is 0 Å². The van der Waals surface area contributed by atoms with Crippen molar-refractivity contribution in [3.8, 4) is 5.75 Å². The fraction of sp³-hybridized carbons (Fsp3) is 0.727. The van der Waals surface area contributed by atoms with Crippen molar-refractivity contribution < 1.29 is 9.09 Å². The highest BCUT2D eigenvalue weighted by molar-refractivity contribution is 7.56. The van der Waals surface area contributed by atoms with Gasteiger partial charge in [-0.05, 0) is 43.9 Å². The number of rotatable bonds is 2. The molecule has 0 aromatic heterocycles. The second kappa shape index (κ2) is 9.16. The van der Waals surface area contributed by atoms with Gasteiger partial charge in [-0.2, -0.15) is 0 Å². The Kier molecular flexibility index (Phi) is 9.00. The first-order chi connectivity index (χ1) is 11.4. The summed E-state index contributed by atoms with van der Waals surface area (Å²) in [5, 5.41) is 0.302. The summed E-state index contributed by atoms with van der Waals surface area (Å²) in [6.07, 6.45) is 0. The fourth-order valence-electron chi connectivity index (χ4n) is 2.40. The van der Waals surface area contributed by atoms with Crippen molar-refractivity contribution in [3.05, 3.63) is 29.8 Å². The minimum atomic E-state index is -0.567. The molecule has 0 N–H and O–H groups in total. The van der Waals surface area contributed by atoms with E-state index in [-0.39, 0.29) is 29.3 Å². The highest BCUT2D eigenvalue weighted by Gasteiger charge is 2.37. The van der Waals surface area contributed by atoms with Crippen LogP contribution in [0.1, 0.15) is 88.6 Å². The summed E-state index contributed by atoms with van der Waals surface area (Å²) in [7, 11) is -0.343. The van der Waals surface area contributed by atoms with Gasteiger partial charge in [0.1, 0.15) is 5.75 Å². The van der Waals surface area contributed by atoms with E-state index < -0.39 is 8.15 Å². The molecule has 0 amide bonds. The third-order valence-corrected chi connectivity index (χ3v) is 6.77. The Balaban J connectivity index is 0.000000896. The summed E-state index contributed by atoms with van der Waals surface area (Å²) >= 11 is 0. The Labute approximate surface area is 165 Å². The normalized spacial score (nSPS) is 13.4. The Morgan fingerprint density at radius 2 is 1.23 bits per heavy atom. The van der Waals surface area contributed by atoms with Crippen LogP contribution < -0.4 is 4.52 Å². The molecule has 4 heteroatoms. The molecule has 0 bridgehead atoms. The molecular weight excluding hydrogens is 358 g/mol. The van der Waals surface area contributed by atoms with Gasteiger partial charge in [0.05, 0.1) is 8.15 Å². The van der Waals surface area contributed by atoms with E-state index in [4.69, 9.17) is 4.52 Å². The standard InChI is InChI=1S/C18H31OP.C4H9OP/c1-16(2,3)14-11-10-12-15(13-14)19-20(17(4,5)6)18(7,8)9;1-4(2,3)6-5/h10-13H,1-9H3;1-3H3. The maximum Gasteiger partial charge on any atom is 0.161 e. The van der Waals surface area contributed by atoms with Crippen LogP contribution in [0.15, 0.2) is 24.3 Å². The highest BCUT2D eigenvalue weighted by atomic mass is 31.1. The molecule has 0 aliphatic heterocycles. The molecule has 1 aromatic rings. The third kappa shape index (κ3) is 10.0. The molecule has 0 unspecified atom stereocenters. The zero-order chi connectivity index (χ0) is 21.0. The van der Waals surface area contributed by atoms with Crippen molar-refractivity contribution in [1.82, 2.24) is 0 Å². The number of hydrogen-bond donors (Lipinski definition) is 0. The van der Waals surface area contributed by atoms with Gasteiger partial charge in [-0.3, -0.25) is 4.57 Å². The van der Waals surface area contributed by atoms with E-state index in [0.717, 1.165) is 5.75 Å². The van der Waals surface area contributed by atoms with Gasteiger partial charge in [0, 0.05) is 15.5 Å². The minimum Gasteiger partial charge on any atom is -0.473 e. The molecule has 1 aromatic carbocycles. The monoisotopic (exact) mass is 398 g/mol. The van der Waals surface area contributed by atoms with Gasteiger partial charge in [0.25, 0.3) is 0 Å². The molecule has 2 nitrogen and oxygen atoms in total. The summed E-state index contributed by atoms with van der Waals surface area (Å²) in [6.45, 7) is 26.1. The first kappa shape index (κ1) is 25.6. The second-order valence-electron chi connectivity index (χ2n) is 10.8. The molecule has 0 saturated carbocycles. The van der Waals surface area contributed by atoms with Crippen LogP contribution in [0, 0.1) is 0 Å². The van der Waals surface area contributed by atoms with E-state index in [2.05, 4.69) is 86.6 Å². The van der Waals surface area contributed by atoms with E-state index in [1.807, 2.05) is 20.8 Å². The maximum atomic E-state index is 9.92. The molecule has 0 saturated heterocycles. The van der Waals surface area contributed by atoms with Gasteiger partial charge in [-0.15, -0.1) is 0 Å². The van der Waals surface area contributed by atoms with Gasteiger partial charge < -0.3 is 4.52 Å². The molecule has 0 heterocycles. The quantitative estimate of drug-likeness (QED) is 0.467. The van der Waals surface area contributed by atoms with Crippen molar-refractivity contribution in [2.45, 2.75) is 104 Å². The third-order valence-electron chi connectivity index (χ3n) is 3.39. The average molecular weight is 399 g/mol. The minimum absolute atomic E-state index is 0.0417. The lowest BCUT2D eigenvalue weighted by Gasteiger charge is -2.40. The smallest absolute Gasteiger partial charge is 0.161 e. The molecule has 150 valence electrons. The van der Waals surface area contributed by atoms with Crippen molar-refractivity contribution >= 4 is 16.6 Å². The molecule has 0 aliphatic rings. The number of benzene rings is 1. The van der Waals surface area contributed by atoms with Gasteiger partial charge in [-0.1, -0.05) is 74.4 Å². The Morgan fingerprint density at radius 3 is 1.54 bits per heavy atom. The van der Waals surface area contributed by atoms with Gasteiger partial charge in [0.15, 0.2) is 8.46 Å². The van der Waals surface area contributed by atoms with Gasteiger partial charge >= 0.3 is 0 Å². The lowest BCUT2D eigenvalue weighted by Crippen LogP contribution is -2.27. The predicted octanol–water partition coefficient (Wildman–Crippen LogP) is 8.43. The Morgan fingerprint density at radius 1 is 0.808 bits per heavy atom. The zero-order valence-electron chi connectivity index (χ0n) is 19.0. The number of hydrogen-bond acceptors (Lipinski definition) is 2. The van der Waals surface area contributed by atoms with Crippen LogP contribution >= 0.6 is 16.6 Å². The van der Waals surface area contributed by atoms with Crippen LogP contribution in [0.25, 0.3) is 0 Å². The predicted molar refractivity (Wildman–Crippen MR) is 120 cm³/mol. The molecule has 0 radical (unpaired) electrons. The van der Waals surface area contributed by atoms with Crippen LogP contribution in [0.4, 0.5) is 0 Å². The topological polar surface area (TPSA) is 26.3 Å². The van der Waals surface area contributed by atoms with Crippen LogP contribution in [-0.4, -0.2) is 15.5 Å². The summed E-state index contributed by atoms with van der Waals surface area (Å²) in [5.74, 6) is 1.01. The molecule has 0 fully saturated rings. The largest absolute Gasteiger partial charge is 0.473 e. The van der Waals surface area contributed by atoms with Crippen molar-refractivity contribution in [2.24, 2.45) is 0 Å². The summed E-state index contributed by atoms with van der Waals surface area (Å²) < 4.78 is 16.4. The van der Waals surface area contributed by atoms with E-state index in [0.29, 0.717) is 0 Å². The zero-order valence-corrected chi connectivity index (χ0v) is 20.8. The average Bonchev–Trinajstić information content (AvgIpc) is 2.42. The molecule has 0 aliphatic carbocycles. The van der Waals surface area contributed by atoms with Gasteiger partial charge in [0.2, 0.25) is 0 Å². The lowest BCUT2D eigenvalue weighted by molar-refractivity contribution is 0.527. The van der Waals surface area contributed by atoms with E-state index in [1.165, 1.54) is 5.56 Å². The molecule has 26 heavy (non-hydrogen) atoms. The van der Waals surface area contributed by atoms with Crippen molar-refractivity contribution in [2.75, 3.05) is 0 Å². The molecular formula is C22H40O2P2. The Bertz CT molecular complexity index is 554. The van der Waals surface area contributed by atoms with Crippen LogP contribution in [0.3, 0.4) is 0 Å². The highest BCUT2D eigenvalue weighted by Crippen LogP contribution is 2.59. The van der Waals surface area contributed by atoms with Crippen LogP contribution in [0.2, 0.25) is 0 Å². The van der Waals surface area contributed by atoms with E-state index in [9.17, 15) is 4.57 Å². The van der Waals surface area contributed by atoms with Crippen LogP contribution in [0.5, 0.6) is 5.75 Å². The van der Waals surface area contributed by atoms with E-state index >= 15 is 0 Å². The van der Waals surface area contributed by atoms with Crippen molar-refractivity contribution in [1.29, 1.82) is 0 Å². The van der Waals surface area contributed by atoms with Gasteiger partial charge in [-0.25, -0.2) is 0 Å². The maximum absolute atomic E-state index is 9.92. The summed E-state index contributed by atoms with van der Waals surface area (Å²) in [5.41, 5.74) is 1.48. The second-order valence-corrected chi connectivity index (χ2v) is 15.7. The summed E-state index contributed by atoms with van der Waals surface area (Å²) in [6, 6.07) is 8.58. The first-order valence-electron chi connectivity index (χ1n) is 9.31. The molecule has 0 atom stereocenters. The molecule has 1 rings (SSSR count). The lowest BCUT2D eigenvalue weighted by atomic mass is 9.87. The van der Waals surface area contributed by atoms with Crippen LogP contribution in [-0.2, 0) is 9.98 Å².